The average Bonchev–Trinajstić information content (AvgIpc) is 2.61. The van der Waals surface area contributed by atoms with Gasteiger partial charge in [-0.05, 0) is 28.1 Å². The van der Waals surface area contributed by atoms with Gasteiger partial charge >= 0.3 is 0 Å². The molecule has 2 aromatic carbocycles. The first-order valence-electron chi connectivity index (χ1n) is 4.08. The summed E-state index contributed by atoms with van der Waals surface area (Å²) in [6.45, 7) is 0. The van der Waals surface area contributed by atoms with Gasteiger partial charge in [0.05, 0.1) is 0 Å². The van der Waals surface area contributed by atoms with Crippen LogP contribution < -0.4 is 5.43 Å². The summed E-state index contributed by atoms with van der Waals surface area (Å²) in [5, 5.41) is 9.89. The SMILES string of the molecule is c1ccc2cc3c(cc2c1)[N]N=N3. The largest absolute Gasteiger partial charge is 0.128 e. The van der Waals surface area contributed by atoms with Gasteiger partial charge in [0.1, 0.15) is 11.4 Å². The maximum atomic E-state index is 3.91. The van der Waals surface area contributed by atoms with E-state index in [1.165, 1.54) is 10.8 Å². The molecule has 0 aliphatic carbocycles. The van der Waals surface area contributed by atoms with Gasteiger partial charge in [-0.15, -0.1) is 10.5 Å². The van der Waals surface area contributed by atoms with Crippen LogP contribution in [0, 0.1) is 0 Å². The van der Waals surface area contributed by atoms with Crippen molar-refractivity contribution in [3.05, 3.63) is 36.4 Å². The highest BCUT2D eigenvalue weighted by molar-refractivity contribution is 5.90. The minimum Gasteiger partial charge on any atom is -0.128 e. The zero-order valence-corrected chi connectivity index (χ0v) is 6.81. The van der Waals surface area contributed by atoms with E-state index in [-0.39, 0.29) is 0 Å². The molecule has 3 heteroatoms. The third-order valence-electron chi connectivity index (χ3n) is 2.15. The predicted octanol–water partition coefficient (Wildman–Crippen LogP) is 3.09. The summed E-state index contributed by atoms with van der Waals surface area (Å²) in [7, 11) is 0. The third-order valence-corrected chi connectivity index (χ3v) is 2.15. The van der Waals surface area contributed by atoms with Crippen molar-refractivity contribution in [2.45, 2.75) is 0 Å². The molecule has 0 N–H and O–H groups in total. The first-order valence-corrected chi connectivity index (χ1v) is 4.08. The van der Waals surface area contributed by atoms with E-state index in [1.54, 1.807) is 0 Å². The molecule has 0 aromatic heterocycles. The minimum absolute atomic E-state index is 0.860. The third kappa shape index (κ3) is 0.902. The van der Waals surface area contributed by atoms with E-state index in [2.05, 4.69) is 27.9 Å². The van der Waals surface area contributed by atoms with Gasteiger partial charge in [-0.1, -0.05) is 24.3 Å². The van der Waals surface area contributed by atoms with Gasteiger partial charge in [0.2, 0.25) is 0 Å². The minimum atomic E-state index is 0.860. The zero-order valence-electron chi connectivity index (χ0n) is 6.81. The Kier molecular flexibility index (Phi) is 1.16. The maximum absolute atomic E-state index is 3.91. The molecule has 3 rings (SSSR count). The molecule has 0 atom stereocenters. The van der Waals surface area contributed by atoms with Gasteiger partial charge in [0, 0.05) is 0 Å². The molecule has 0 saturated carbocycles. The molecule has 3 nitrogen and oxygen atoms in total. The van der Waals surface area contributed by atoms with Gasteiger partial charge in [-0.3, -0.25) is 0 Å². The summed E-state index contributed by atoms with van der Waals surface area (Å²) in [4.78, 5) is 0. The van der Waals surface area contributed by atoms with Crippen molar-refractivity contribution in [3.63, 3.8) is 0 Å². The Morgan fingerprint density at radius 3 is 2.31 bits per heavy atom. The molecule has 2 aromatic rings. The number of benzene rings is 2. The topological polar surface area (TPSA) is 38.8 Å². The van der Waals surface area contributed by atoms with Gasteiger partial charge in [0.25, 0.3) is 0 Å². The normalized spacial score (nSPS) is 12.9. The smallest absolute Gasteiger partial charge is 0.116 e. The van der Waals surface area contributed by atoms with E-state index in [0.717, 1.165) is 11.4 Å². The molecule has 13 heavy (non-hydrogen) atoms. The lowest BCUT2D eigenvalue weighted by Gasteiger charge is -1.98. The molecule has 0 unspecified atom stereocenters. The molecule has 1 heterocycles. The molecule has 0 amide bonds. The molecule has 0 fully saturated rings. The highest BCUT2D eigenvalue weighted by Crippen LogP contribution is 2.34. The highest BCUT2D eigenvalue weighted by Gasteiger charge is 2.09. The fourth-order valence-corrected chi connectivity index (χ4v) is 1.50. The van der Waals surface area contributed by atoms with Crippen molar-refractivity contribution in [3.8, 4) is 0 Å². The van der Waals surface area contributed by atoms with Crippen molar-refractivity contribution in [2.24, 2.45) is 10.3 Å². The number of rotatable bonds is 0. The van der Waals surface area contributed by atoms with Gasteiger partial charge < -0.3 is 0 Å². The van der Waals surface area contributed by atoms with Crippen LogP contribution in [0.25, 0.3) is 10.8 Å². The molecule has 0 bridgehead atoms. The number of hydrogen-bond donors (Lipinski definition) is 0. The van der Waals surface area contributed by atoms with Crippen LogP contribution in [0.3, 0.4) is 0 Å². The lowest BCUT2D eigenvalue weighted by molar-refractivity contribution is 0.923. The molecule has 61 valence electrons. The van der Waals surface area contributed by atoms with Crippen molar-refractivity contribution in [2.75, 3.05) is 0 Å². The van der Waals surface area contributed by atoms with Crippen LogP contribution >= 0.6 is 0 Å². The second kappa shape index (κ2) is 2.29. The van der Waals surface area contributed by atoms with Crippen molar-refractivity contribution in [1.29, 1.82) is 0 Å². The molecule has 0 spiro atoms. The lowest BCUT2D eigenvalue weighted by Crippen LogP contribution is -1.79. The fourth-order valence-electron chi connectivity index (χ4n) is 1.50. The summed E-state index contributed by atoms with van der Waals surface area (Å²) in [6.07, 6.45) is 0. The molecular formula is C10H6N3. The first-order chi connectivity index (χ1) is 6.43. The van der Waals surface area contributed by atoms with E-state index in [4.69, 9.17) is 0 Å². The summed E-state index contributed by atoms with van der Waals surface area (Å²) >= 11 is 0. The standard InChI is InChI=1S/C10H6N3/c1-2-4-8-6-10-9(11-13-12-10)5-7(8)3-1/h1-6H. The molecule has 1 aliphatic rings. The summed E-state index contributed by atoms with van der Waals surface area (Å²) in [5.74, 6) is 0. The van der Waals surface area contributed by atoms with Crippen LogP contribution in [-0.4, -0.2) is 0 Å². The Morgan fingerprint density at radius 2 is 1.54 bits per heavy atom. The van der Waals surface area contributed by atoms with Gasteiger partial charge in [-0.25, -0.2) is 0 Å². The number of hydrogen-bond acceptors (Lipinski definition) is 2. The predicted molar refractivity (Wildman–Crippen MR) is 50.3 cm³/mol. The van der Waals surface area contributed by atoms with Gasteiger partial charge in [0.15, 0.2) is 0 Å². The van der Waals surface area contributed by atoms with Crippen LogP contribution in [0.5, 0.6) is 0 Å². The Labute approximate surface area is 75.1 Å². The van der Waals surface area contributed by atoms with Crippen molar-refractivity contribution >= 4 is 22.1 Å². The van der Waals surface area contributed by atoms with Crippen LogP contribution in [-0.2, 0) is 0 Å². The average molecular weight is 168 g/mol. The van der Waals surface area contributed by atoms with E-state index in [1.807, 2.05) is 24.3 Å². The zero-order chi connectivity index (χ0) is 8.67. The Hall–Kier alpha value is -1.90. The molecule has 0 saturated heterocycles. The van der Waals surface area contributed by atoms with E-state index in [9.17, 15) is 0 Å². The monoisotopic (exact) mass is 168 g/mol. The highest BCUT2D eigenvalue weighted by atomic mass is 15.5. The molecule has 1 aliphatic heterocycles. The quantitative estimate of drug-likeness (QED) is 0.579. The Morgan fingerprint density at radius 1 is 0.846 bits per heavy atom. The first kappa shape index (κ1) is 6.60. The number of nitrogens with zero attached hydrogens (tertiary/aromatic N) is 3. The van der Waals surface area contributed by atoms with Crippen molar-refractivity contribution in [1.82, 2.24) is 5.43 Å². The molecule has 1 radical (unpaired) electrons. The second-order valence-electron chi connectivity index (χ2n) is 2.98. The Bertz CT molecular complexity index is 502. The van der Waals surface area contributed by atoms with Crippen molar-refractivity contribution < 1.29 is 0 Å². The Balaban J connectivity index is 2.40. The van der Waals surface area contributed by atoms with E-state index < -0.39 is 0 Å². The van der Waals surface area contributed by atoms with Crippen LogP contribution in [0.4, 0.5) is 11.4 Å². The second-order valence-corrected chi connectivity index (χ2v) is 2.98. The maximum Gasteiger partial charge on any atom is 0.116 e. The van der Waals surface area contributed by atoms with Gasteiger partial charge in [-0.2, -0.15) is 0 Å². The lowest BCUT2D eigenvalue weighted by atomic mass is 10.1. The molecular weight excluding hydrogens is 162 g/mol. The van der Waals surface area contributed by atoms with Crippen LogP contribution in [0.15, 0.2) is 46.7 Å². The van der Waals surface area contributed by atoms with E-state index >= 15 is 0 Å². The van der Waals surface area contributed by atoms with Crippen LogP contribution in [0.2, 0.25) is 0 Å². The summed E-state index contributed by atoms with van der Waals surface area (Å²) in [5.41, 5.74) is 5.63. The summed E-state index contributed by atoms with van der Waals surface area (Å²) < 4.78 is 0. The number of fused-ring (bicyclic) bond motifs is 2. The van der Waals surface area contributed by atoms with E-state index in [0.29, 0.717) is 0 Å². The summed E-state index contributed by atoms with van der Waals surface area (Å²) in [6, 6.07) is 12.2. The van der Waals surface area contributed by atoms with Crippen LogP contribution in [0.1, 0.15) is 0 Å². The fraction of sp³-hybridized carbons (Fsp3) is 0.